The highest BCUT2D eigenvalue weighted by molar-refractivity contribution is 5.80. The van der Waals surface area contributed by atoms with Crippen LogP contribution in [0.3, 0.4) is 0 Å². The third-order valence-electron chi connectivity index (χ3n) is 2.77. The van der Waals surface area contributed by atoms with E-state index in [1.807, 2.05) is 56.4 Å². The van der Waals surface area contributed by atoms with E-state index in [1.165, 1.54) is 17.4 Å². The summed E-state index contributed by atoms with van der Waals surface area (Å²) in [7, 11) is 0. The van der Waals surface area contributed by atoms with Gasteiger partial charge in [0.1, 0.15) is 12.4 Å². The Labute approximate surface area is 135 Å². The Balaban J connectivity index is 0.000000729. The van der Waals surface area contributed by atoms with Crippen LogP contribution in [0.4, 0.5) is 0 Å². The van der Waals surface area contributed by atoms with Crippen molar-refractivity contribution in [1.82, 2.24) is 4.98 Å². The van der Waals surface area contributed by atoms with Crippen LogP contribution in [0, 0.1) is 0 Å². The van der Waals surface area contributed by atoms with Gasteiger partial charge in [0, 0.05) is 18.5 Å². The van der Waals surface area contributed by atoms with Crippen LogP contribution < -0.4 is 4.74 Å². The summed E-state index contributed by atoms with van der Waals surface area (Å²) in [4.78, 5) is 3.16. The molecule has 0 aliphatic carbocycles. The van der Waals surface area contributed by atoms with Gasteiger partial charge in [-0.15, -0.1) is 0 Å². The first-order valence-electron chi connectivity index (χ1n) is 8.07. The fourth-order valence-electron chi connectivity index (χ4n) is 1.86. The summed E-state index contributed by atoms with van der Waals surface area (Å²) >= 11 is 0. The van der Waals surface area contributed by atoms with E-state index in [9.17, 15) is 0 Å². The Bertz CT molecular complexity index is 634. The van der Waals surface area contributed by atoms with Gasteiger partial charge in [-0.3, -0.25) is 0 Å². The minimum absolute atomic E-state index is 0. The lowest BCUT2D eigenvalue weighted by atomic mass is 10.2. The SMILES string of the molecule is CC.CCC.[HH].c1ccc(COc2ccc3[nH]ccc3c2)cc1. The van der Waals surface area contributed by atoms with Crippen molar-refractivity contribution in [2.45, 2.75) is 40.7 Å². The molecule has 0 aliphatic heterocycles. The molecular formula is C20H29NO. The summed E-state index contributed by atoms with van der Waals surface area (Å²) in [6, 6.07) is 18.3. The van der Waals surface area contributed by atoms with Gasteiger partial charge in [-0.1, -0.05) is 64.4 Å². The topological polar surface area (TPSA) is 25.0 Å². The number of nitrogens with one attached hydrogen (secondary N) is 1. The maximum atomic E-state index is 5.76. The molecule has 3 rings (SSSR count). The monoisotopic (exact) mass is 299 g/mol. The van der Waals surface area contributed by atoms with Crippen molar-refractivity contribution in [3.63, 3.8) is 0 Å². The van der Waals surface area contributed by atoms with Crippen LogP contribution in [-0.2, 0) is 6.61 Å². The van der Waals surface area contributed by atoms with Crippen LogP contribution >= 0.6 is 0 Å². The first-order chi connectivity index (χ1) is 10.8. The quantitative estimate of drug-likeness (QED) is 0.591. The zero-order valence-electron chi connectivity index (χ0n) is 14.1. The van der Waals surface area contributed by atoms with Gasteiger partial charge in [-0.2, -0.15) is 0 Å². The van der Waals surface area contributed by atoms with E-state index in [0.29, 0.717) is 6.61 Å². The highest BCUT2D eigenvalue weighted by Crippen LogP contribution is 2.20. The molecule has 22 heavy (non-hydrogen) atoms. The summed E-state index contributed by atoms with van der Waals surface area (Å²) < 4.78 is 5.76. The fraction of sp³-hybridized carbons (Fsp3) is 0.300. The molecule has 0 saturated heterocycles. The summed E-state index contributed by atoms with van der Waals surface area (Å²) in [6.07, 6.45) is 3.19. The molecule has 2 heteroatoms. The average Bonchev–Trinajstić information content (AvgIpc) is 3.04. The number of aromatic amines is 1. The van der Waals surface area contributed by atoms with Gasteiger partial charge in [0.2, 0.25) is 0 Å². The number of aromatic nitrogens is 1. The van der Waals surface area contributed by atoms with Crippen LogP contribution in [0.2, 0.25) is 0 Å². The van der Waals surface area contributed by atoms with Gasteiger partial charge in [0.25, 0.3) is 0 Å². The lowest BCUT2D eigenvalue weighted by Crippen LogP contribution is -1.94. The highest BCUT2D eigenvalue weighted by atomic mass is 16.5. The predicted octanol–water partition coefficient (Wildman–Crippen LogP) is 6.44. The van der Waals surface area contributed by atoms with E-state index in [1.54, 1.807) is 0 Å². The second-order valence-corrected chi connectivity index (χ2v) is 4.71. The van der Waals surface area contributed by atoms with Crippen molar-refractivity contribution in [3.05, 3.63) is 66.4 Å². The third-order valence-corrected chi connectivity index (χ3v) is 2.77. The van der Waals surface area contributed by atoms with E-state index in [0.717, 1.165) is 11.3 Å². The predicted molar refractivity (Wildman–Crippen MR) is 98.5 cm³/mol. The molecule has 120 valence electrons. The average molecular weight is 299 g/mol. The van der Waals surface area contributed by atoms with Gasteiger partial charge < -0.3 is 9.72 Å². The normalized spacial score (nSPS) is 9.27. The number of rotatable bonds is 3. The van der Waals surface area contributed by atoms with Gasteiger partial charge in [-0.05, 0) is 29.8 Å². The molecule has 2 aromatic carbocycles. The van der Waals surface area contributed by atoms with E-state index < -0.39 is 0 Å². The number of ether oxygens (including phenoxy) is 1. The maximum absolute atomic E-state index is 5.76. The first-order valence-corrected chi connectivity index (χ1v) is 8.07. The van der Waals surface area contributed by atoms with Crippen molar-refractivity contribution in [2.24, 2.45) is 0 Å². The van der Waals surface area contributed by atoms with Gasteiger partial charge >= 0.3 is 0 Å². The molecule has 2 nitrogen and oxygen atoms in total. The molecule has 0 radical (unpaired) electrons. The zero-order chi connectivity index (χ0) is 16.2. The second kappa shape index (κ2) is 10.5. The Morgan fingerprint density at radius 3 is 2.32 bits per heavy atom. The lowest BCUT2D eigenvalue weighted by Gasteiger charge is -2.06. The zero-order valence-corrected chi connectivity index (χ0v) is 14.1. The molecule has 0 amide bonds. The Kier molecular flexibility index (Phi) is 8.51. The van der Waals surface area contributed by atoms with Crippen LogP contribution in [0.15, 0.2) is 60.8 Å². The first kappa shape index (κ1) is 17.8. The minimum atomic E-state index is 0. The third kappa shape index (κ3) is 5.65. The molecule has 1 aromatic heterocycles. The van der Waals surface area contributed by atoms with Crippen LogP contribution in [0.25, 0.3) is 10.9 Å². The minimum Gasteiger partial charge on any atom is -0.489 e. The molecule has 0 aliphatic rings. The Morgan fingerprint density at radius 2 is 1.64 bits per heavy atom. The van der Waals surface area contributed by atoms with Crippen molar-refractivity contribution in [2.75, 3.05) is 0 Å². The smallest absolute Gasteiger partial charge is 0.120 e. The number of H-pyrrole nitrogens is 1. The maximum Gasteiger partial charge on any atom is 0.120 e. The van der Waals surface area contributed by atoms with Crippen molar-refractivity contribution >= 4 is 10.9 Å². The largest absolute Gasteiger partial charge is 0.489 e. The molecule has 0 bridgehead atoms. The summed E-state index contributed by atoms with van der Waals surface area (Å²) in [5.41, 5.74) is 2.32. The van der Waals surface area contributed by atoms with Gasteiger partial charge in [0.05, 0.1) is 0 Å². The molecule has 1 N–H and O–H groups in total. The molecule has 0 unspecified atom stereocenters. The van der Waals surface area contributed by atoms with Crippen LogP contribution in [-0.4, -0.2) is 4.98 Å². The number of benzene rings is 2. The van der Waals surface area contributed by atoms with Gasteiger partial charge in [0.15, 0.2) is 0 Å². The summed E-state index contributed by atoms with van der Waals surface area (Å²) in [5.74, 6) is 0.904. The second-order valence-electron chi connectivity index (χ2n) is 4.71. The van der Waals surface area contributed by atoms with Crippen molar-refractivity contribution in [1.29, 1.82) is 0 Å². The molecule has 0 spiro atoms. The standard InChI is InChI=1S/C15H13NO.C3H8.C2H6.H2/c1-2-4-12(5-3-1)11-17-14-6-7-15-13(10-14)8-9-16-15;1-3-2;1-2;/h1-10,16H,11H2;3H2,1-2H3;1-2H3;1H. The van der Waals surface area contributed by atoms with Crippen LogP contribution in [0.5, 0.6) is 5.75 Å². The van der Waals surface area contributed by atoms with Crippen molar-refractivity contribution in [3.8, 4) is 5.75 Å². The molecule has 1 heterocycles. The number of hydrogen-bond acceptors (Lipinski definition) is 1. The Morgan fingerprint density at radius 1 is 0.955 bits per heavy atom. The van der Waals surface area contributed by atoms with Crippen molar-refractivity contribution < 1.29 is 6.16 Å². The van der Waals surface area contributed by atoms with Crippen LogP contribution in [0.1, 0.15) is 41.1 Å². The number of hydrogen-bond donors (Lipinski definition) is 1. The van der Waals surface area contributed by atoms with E-state index >= 15 is 0 Å². The summed E-state index contributed by atoms with van der Waals surface area (Å²) in [6.45, 7) is 8.86. The summed E-state index contributed by atoms with van der Waals surface area (Å²) in [5, 5.41) is 1.18. The fourth-order valence-corrected chi connectivity index (χ4v) is 1.86. The van der Waals surface area contributed by atoms with E-state index in [2.05, 4.69) is 37.0 Å². The molecule has 0 saturated carbocycles. The van der Waals surface area contributed by atoms with Gasteiger partial charge in [-0.25, -0.2) is 0 Å². The lowest BCUT2D eigenvalue weighted by molar-refractivity contribution is 0.306. The molecule has 0 fully saturated rings. The van der Waals surface area contributed by atoms with E-state index in [-0.39, 0.29) is 1.43 Å². The molecule has 0 atom stereocenters. The molecular weight excluding hydrogens is 270 g/mol. The van der Waals surface area contributed by atoms with E-state index in [4.69, 9.17) is 4.74 Å². The highest BCUT2D eigenvalue weighted by Gasteiger charge is 1.98. The Hall–Kier alpha value is -2.22. The molecule has 3 aromatic rings. The number of fused-ring (bicyclic) bond motifs is 1.